The highest BCUT2D eigenvalue weighted by atomic mass is 16.5. The molecule has 2 aromatic rings. The molecular weight excluding hydrogens is 248 g/mol. The molecule has 1 aliphatic heterocycles. The van der Waals surface area contributed by atoms with Crippen LogP contribution in [0.15, 0.2) is 30.3 Å². The van der Waals surface area contributed by atoms with Crippen LogP contribution in [0.3, 0.4) is 0 Å². The average molecular weight is 270 g/mol. The van der Waals surface area contributed by atoms with Crippen molar-refractivity contribution in [3.05, 3.63) is 35.9 Å². The number of unbranched alkanes of at least 4 members (excludes halogenated alkanes) is 2. The highest BCUT2D eigenvalue weighted by Crippen LogP contribution is 2.21. The van der Waals surface area contributed by atoms with Gasteiger partial charge in [0.15, 0.2) is 0 Å². The van der Waals surface area contributed by atoms with Crippen molar-refractivity contribution >= 4 is 10.9 Å². The van der Waals surface area contributed by atoms with E-state index >= 15 is 0 Å². The molecule has 1 aromatic heterocycles. The quantitative estimate of drug-likeness (QED) is 0.569. The monoisotopic (exact) mass is 270 g/mol. The zero-order chi connectivity index (χ0) is 13.8. The van der Waals surface area contributed by atoms with Crippen LogP contribution in [0.4, 0.5) is 0 Å². The fourth-order valence-corrected chi connectivity index (χ4v) is 2.48. The Bertz CT molecular complexity index is 578. The van der Waals surface area contributed by atoms with Gasteiger partial charge in [0, 0.05) is 24.5 Å². The molecule has 1 aromatic carbocycles. The van der Waals surface area contributed by atoms with Gasteiger partial charge < -0.3 is 9.64 Å². The molecule has 0 amide bonds. The Morgan fingerprint density at radius 3 is 2.85 bits per heavy atom. The minimum Gasteiger partial charge on any atom is -0.478 e. The molecule has 1 fully saturated rings. The van der Waals surface area contributed by atoms with Crippen molar-refractivity contribution in [2.24, 2.45) is 0 Å². The van der Waals surface area contributed by atoms with Gasteiger partial charge in [-0.25, -0.2) is 4.98 Å². The van der Waals surface area contributed by atoms with Gasteiger partial charge in [-0.1, -0.05) is 18.2 Å². The van der Waals surface area contributed by atoms with E-state index in [1.807, 2.05) is 24.3 Å². The second-order valence-corrected chi connectivity index (χ2v) is 5.55. The molecule has 0 bridgehead atoms. The van der Waals surface area contributed by atoms with Gasteiger partial charge in [0.2, 0.25) is 5.88 Å². The first-order valence-corrected chi connectivity index (χ1v) is 7.54. The van der Waals surface area contributed by atoms with E-state index < -0.39 is 0 Å². The lowest BCUT2D eigenvalue weighted by molar-refractivity contribution is 0.293. The largest absolute Gasteiger partial charge is 0.478 e. The third-order valence-electron chi connectivity index (χ3n) is 3.81. The van der Waals surface area contributed by atoms with Crippen LogP contribution in [0, 0.1) is 6.92 Å². The number of aryl methyl sites for hydroxylation is 1. The van der Waals surface area contributed by atoms with Gasteiger partial charge in [0.25, 0.3) is 0 Å². The molecule has 0 saturated carbocycles. The molecule has 0 spiro atoms. The summed E-state index contributed by atoms with van der Waals surface area (Å²) in [6, 6.07) is 10.3. The second kappa shape index (κ2) is 6.23. The summed E-state index contributed by atoms with van der Waals surface area (Å²) in [7, 11) is 0. The smallest absolute Gasteiger partial charge is 0.214 e. The number of pyridine rings is 1. The summed E-state index contributed by atoms with van der Waals surface area (Å²) in [6.07, 6.45) is 3.64. The fraction of sp³-hybridized carbons (Fsp3) is 0.471. The Kier molecular flexibility index (Phi) is 4.16. The molecule has 0 atom stereocenters. The Balaban J connectivity index is 1.49. The molecule has 2 heterocycles. The summed E-state index contributed by atoms with van der Waals surface area (Å²) in [6.45, 7) is 6.74. The highest BCUT2D eigenvalue weighted by molar-refractivity contribution is 5.82. The Labute approximate surface area is 120 Å². The first-order valence-electron chi connectivity index (χ1n) is 7.54. The van der Waals surface area contributed by atoms with Gasteiger partial charge in [0.1, 0.15) is 0 Å². The van der Waals surface area contributed by atoms with Crippen LogP contribution in [0.1, 0.15) is 24.8 Å². The lowest BCUT2D eigenvalue weighted by Crippen LogP contribution is -2.02. The number of fused-ring (bicyclic) bond motifs is 1. The van der Waals surface area contributed by atoms with Crippen LogP contribution in [0.2, 0.25) is 0 Å². The van der Waals surface area contributed by atoms with E-state index in [2.05, 4.69) is 22.9 Å². The molecule has 3 rings (SSSR count). The van der Waals surface area contributed by atoms with E-state index in [0.717, 1.165) is 24.4 Å². The first-order chi connectivity index (χ1) is 9.83. The molecule has 0 radical (unpaired) electrons. The summed E-state index contributed by atoms with van der Waals surface area (Å²) >= 11 is 0. The van der Waals surface area contributed by atoms with Crippen LogP contribution in [-0.4, -0.2) is 36.1 Å². The normalized spacial score (nSPS) is 14.7. The van der Waals surface area contributed by atoms with Crippen molar-refractivity contribution in [1.29, 1.82) is 0 Å². The standard InChI is InChI=1S/C17H22N2O/c1-14-13-17(18-16-8-4-3-7-15(14)16)20-12-6-2-5-9-19-10-11-19/h3-4,7-8,13H,2,5-6,9-12H2,1H3. The first kappa shape index (κ1) is 13.4. The van der Waals surface area contributed by atoms with E-state index in [4.69, 9.17) is 4.74 Å². The molecule has 1 saturated heterocycles. The lowest BCUT2D eigenvalue weighted by Gasteiger charge is -2.08. The number of ether oxygens (including phenoxy) is 1. The summed E-state index contributed by atoms with van der Waals surface area (Å²) in [5, 5.41) is 1.21. The summed E-state index contributed by atoms with van der Waals surface area (Å²) in [5.41, 5.74) is 2.25. The van der Waals surface area contributed by atoms with Gasteiger partial charge in [0.05, 0.1) is 12.1 Å². The SMILES string of the molecule is Cc1cc(OCCCCCN2CC2)nc2ccccc12. The molecule has 0 N–H and O–H groups in total. The number of benzene rings is 1. The summed E-state index contributed by atoms with van der Waals surface area (Å²) in [4.78, 5) is 7.03. The number of hydrogen-bond donors (Lipinski definition) is 0. The molecule has 20 heavy (non-hydrogen) atoms. The maximum absolute atomic E-state index is 5.79. The van der Waals surface area contributed by atoms with E-state index in [1.54, 1.807) is 0 Å². The van der Waals surface area contributed by atoms with Crippen molar-refractivity contribution in [2.45, 2.75) is 26.2 Å². The van der Waals surface area contributed by atoms with Crippen molar-refractivity contribution < 1.29 is 4.74 Å². The van der Waals surface area contributed by atoms with Crippen molar-refractivity contribution in [1.82, 2.24) is 9.88 Å². The highest BCUT2D eigenvalue weighted by Gasteiger charge is 2.15. The number of hydrogen-bond acceptors (Lipinski definition) is 3. The minimum absolute atomic E-state index is 0.757. The molecule has 106 valence electrons. The number of rotatable bonds is 7. The maximum atomic E-state index is 5.79. The topological polar surface area (TPSA) is 25.1 Å². The minimum atomic E-state index is 0.757. The molecule has 1 aliphatic rings. The number of aromatic nitrogens is 1. The van der Waals surface area contributed by atoms with Gasteiger partial charge in [-0.15, -0.1) is 0 Å². The fourth-order valence-electron chi connectivity index (χ4n) is 2.48. The maximum Gasteiger partial charge on any atom is 0.214 e. The molecule has 3 nitrogen and oxygen atoms in total. The molecule has 3 heteroatoms. The van der Waals surface area contributed by atoms with Gasteiger partial charge >= 0.3 is 0 Å². The predicted molar refractivity (Wildman–Crippen MR) is 82.3 cm³/mol. The Morgan fingerprint density at radius 1 is 1.15 bits per heavy atom. The zero-order valence-electron chi connectivity index (χ0n) is 12.1. The number of nitrogens with zero attached hydrogens (tertiary/aromatic N) is 2. The van der Waals surface area contributed by atoms with Gasteiger partial charge in [-0.2, -0.15) is 0 Å². The third kappa shape index (κ3) is 3.48. The molecule has 0 unspecified atom stereocenters. The third-order valence-corrected chi connectivity index (χ3v) is 3.81. The van der Waals surface area contributed by atoms with Gasteiger partial charge in [-0.3, -0.25) is 0 Å². The van der Waals surface area contributed by atoms with Crippen molar-refractivity contribution in [3.63, 3.8) is 0 Å². The van der Waals surface area contributed by atoms with Crippen molar-refractivity contribution in [2.75, 3.05) is 26.2 Å². The van der Waals surface area contributed by atoms with E-state index in [1.165, 1.54) is 43.4 Å². The summed E-state index contributed by atoms with van der Waals surface area (Å²) < 4.78 is 5.79. The van der Waals surface area contributed by atoms with Gasteiger partial charge in [-0.05, 0) is 44.4 Å². The van der Waals surface area contributed by atoms with Crippen LogP contribution < -0.4 is 4.74 Å². The number of para-hydroxylation sites is 1. The second-order valence-electron chi connectivity index (χ2n) is 5.55. The predicted octanol–water partition coefficient (Wildman–Crippen LogP) is 3.41. The van der Waals surface area contributed by atoms with Crippen LogP contribution >= 0.6 is 0 Å². The Hall–Kier alpha value is -1.61. The van der Waals surface area contributed by atoms with E-state index in [0.29, 0.717) is 0 Å². The van der Waals surface area contributed by atoms with E-state index in [-0.39, 0.29) is 0 Å². The Morgan fingerprint density at radius 2 is 2.00 bits per heavy atom. The average Bonchev–Trinajstić information content (AvgIpc) is 3.27. The van der Waals surface area contributed by atoms with E-state index in [9.17, 15) is 0 Å². The molecule has 0 aliphatic carbocycles. The molecular formula is C17H22N2O. The van der Waals surface area contributed by atoms with Crippen LogP contribution in [-0.2, 0) is 0 Å². The van der Waals surface area contributed by atoms with Crippen LogP contribution in [0.5, 0.6) is 5.88 Å². The van der Waals surface area contributed by atoms with Crippen LogP contribution in [0.25, 0.3) is 10.9 Å². The lowest BCUT2D eigenvalue weighted by atomic mass is 10.1. The zero-order valence-corrected chi connectivity index (χ0v) is 12.1. The van der Waals surface area contributed by atoms with Crippen molar-refractivity contribution in [3.8, 4) is 5.88 Å². The summed E-state index contributed by atoms with van der Waals surface area (Å²) in [5.74, 6) is 0.757.